The van der Waals surface area contributed by atoms with Crippen LogP contribution in [0.15, 0.2) is 34.8 Å². The van der Waals surface area contributed by atoms with E-state index >= 15 is 0 Å². The Morgan fingerprint density at radius 3 is 2.92 bits per heavy atom. The van der Waals surface area contributed by atoms with E-state index in [0.717, 1.165) is 24.8 Å². The monoisotopic (exact) mass is 355 g/mol. The summed E-state index contributed by atoms with van der Waals surface area (Å²) >= 11 is 0. The van der Waals surface area contributed by atoms with E-state index < -0.39 is 11.9 Å². The molecule has 0 N–H and O–H groups in total. The normalized spacial score (nSPS) is 29.9. The fourth-order valence-corrected chi connectivity index (χ4v) is 4.16. The van der Waals surface area contributed by atoms with Crippen LogP contribution >= 0.6 is 0 Å². The summed E-state index contributed by atoms with van der Waals surface area (Å²) in [5.41, 5.74) is 0.926. The molecule has 0 aromatic carbocycles. The number of hydrogen-bond acceptors (Lipinski definition) is 6. The van der Waals surface area contributed by atoms with Crippen molar-refractivity contribution in [2.45, 2.75) is 32.2 Å². The van der Waals surface area contributed by atoms with Crippen molar-refractivity contribution < 1.29 is 14.3 Å². The van der Waals surface area contributed by atoms with Gasteiger partial charge in [-0.2, -0.15) is 5.11 Å². The standard InChI is InChI=1S/C18H21N5O3/c1-12-7-19-17(20-8-12)26-11-18-6-2-3-13(18)9-23(10-18)16(25)14-4-5-15(24)22-21-14/h4-5,7-8,13-14H,2-3,6,9-11H2,1H3. The third-order valence-corrected chi connectivity index (χ3v) is 5.55. The van der Waals surface area contributed by atoms with Gasteiger partial charge in [0.1, 0.15) is 0 Å². The molecule has 0 bridgehead atoms. The Kier molecular flexibility index (Phi) is 4.26. The second kappa shape index (κ2) is 6.59. The number of rotatable bonds is 4. The molecule has 3 atom stereocenters. The van der Waals surface area contributed by atoms with Gasteiger partial charge in [0, 0.05) is 37.0 Å². The van der Waals surface area contributed by atoms with Crippen LogP contribution in [0.5, 0.6) is 6.01 Å². The summed E-state index contributed by atoms with van der Waals surface area (Å²) in [6, 6.07) is -0.312. The molecular formula is C18H21N5O3. The van der Waals surface area contributed by atoms with Crippen molar-refractivity contribution in [3.63, 3.8) is 0 Å². The van der Waals surface area contributed by atoms with Crippen molar-refractivity contribution in [1.82, 2.24) is 14.9 Å². The number of azo groups is 1. The van der Waals surface area contributed by atoms with Gasteiger partial charge in [-0.15, -0.1) is 5.11 Å². The first-order chi connectivity index (χ1) is 12.6. The first kappa shape index (κ1) is 16.8. The summed E-state index contributed by atoms with van der Waals surface area (Å²) in [6.45, 7) is 3.77. The van der Waals surface area contributed by atoms with Crippen LogP contribution in [0, 0.1) is 18.3 Å². The smallest absolute Gasteiger partial charge is 0.316 e. The molecule has 1 aliphatic carbocycles. The minimum absolute atomic E-state index is 0.0603. The molecule has 8 nitrogen and oxygen atoms in total. The fraction of sp³-hybridized carbons (Fsp3) is 0.556. The van der Waals surface area contributed by atoms with Crippen molar-refractivity contribution >= 4 is 11.8 Å². The average molecular weight is 355 g/mol. The number of carbonyl (C=O) groups is 2. The van der Waals surface area contributed by atoms with Crippen LogP contribution in [0.3, 0.4) is 0 Å². The van der Waals surface area contributed by atoms with Crippen LogP contribution < -0.4 is 4.74 Å². The molecule has 2 fully saturated rings. The van der Waals surface area contributed by atoms with Gasteiger partial charge in [-0.25, -0.2) is 9.97 Å². The number of aryl methyl sites for hydroxylation is 1. The van der Waals surface area contributed by atoms with Crippen LogP contribution in [0.2, 0.25) is 0 Å². The first-order valence-corrected chi connectivity index (χ1v) is 8.89. The van der Waals surface area contributed by atoms with Gasteiger partial charge in [-0.1, -0.05) is 6.42 Å². The minimum Gasteiger partial charge on any atom is -0.463 e. The molecule has 2 aliphatic heterocycles. The van der Waals surface area contributed by atoms with Gasteiger partial charge in [-0.05, 0) is 37.3 Å². The first-order valence-electron chi connectivity index (χ1n) is 8.89. The second-order valence-corrected chi connectivity index (χ2v) is 7.36. The highest BCUT2D eigenvalue weighted by Crippen LogP contribution is 2.49. The van der Waals surface area contributed by atoms with E-state index in [9.17, 15) is 9.59 Å². The molecule has 1 aromatic heterocycles. The Morgan fingerprint density at radius 2 is 2.19 bits per heavy atom. The molecule has 4 rings (SSSR count). The number of aromatic nitrogens is 2. The Bertz CT molecular complexity index is 760. The zero-order valence-electron chi connectivity index (χ0n) is 14.7. The van der Waals surface area contributed by atoms with Crippen LogP contribution in [0.4, 0.5) is 0 Å². The zero-order valence-corrected chi connectivity index (χ0v) is 14.7. The van der Waals surface area contributed by atoms with Gasteiger partial charge in [0.05, 0.1) is 6.61 Å². The Morgan fingerprint density at radius 1 is 1.38 bits per heavy atom. The number of fused-ring (bicyclic) bond motifs is 1. The average Bonchev–Trinajstić information content (AvgIpc) is 3.19. The van der Waals surface area contributed by atoms with Gasteiger partial charge in [-0.3, -0.25) is 9.59 Å². The molecule has 3 heterocycles. The van der Waals surface area contributed by atoms with E-state index in [1.807, 2.05) is 11.8 Å². The van der Waals surface area contributed by atoms with Crippen LogP contribution in [0.25, 0.3) is 0 Å². The lowest BCUT2D eigenvalue weighted by atomic mass is 9.82. The largest absolute Gasteiger partial charge is 0.463 e. The van der Waals surface area contributed by atoms with E-state index in [-0.39, 0.29) is 11.3 Å². The highest BCUT2D eigenvalue weighted by atomic mass is 16.5. The molecule has 2 amide bonds. The Hall–Kier alpha value is -2.64. The fourth-order valence-electron chi connectivity index (χ4n) is 4.16. The number of hydrogen-bond donors (Lipinski definition) is 0. The number of ether oxygens (including phenoxy) is 1. The lowest BCUT2D eigenvalue weighted by Gasteiger charge is -2.28. The lowest BCUT2D eigenvalue weighted by Crippen LogP contribution is -2.39. The molecule has 136 valence electrons. The van der Waals surface area contributed by atoms with Crippen LogP contribution in [0.1, 0.15) is 24.8 Å². The minimum atomic E-state index is -0.690. The summed E-state index contributed by atoms with van der Waals surface area (Å²) in [4.78, 5) is 34.1. The van der Waals surface area contributed by atoms with E-state index in [0.29, 0.717) is 31.6 Å². The number of carbonyl (C=O) groups excluding carboxylic acids is 2. The van der Waals surface area contributed by atoms with Crippen molar-refractivity contribution in [3.8, 4) is 6.01 Å². The summed E-state index contributed by atoms with van der Waals surface area (Å²) in [5.74, 6) is -0.115. The van der Waals surface area contributed by atoms with Crippen LogP contribution in [-0.2, 0) is 9.59 Å². The molecule has 3 aliphatic rings. The predicted molar refractivity (Wildman–Crippen MR) is 91.4 cm³/mol. The van der Waals surface area contributed by atoms with E-state index in [2.05, 4.69) is 20.2 Å². The second-order valence-electron chi connectivity index (χ2n) is 7.36. The summed E-state index contributed by atoms with van der Waals surface area (Å²) in [7, 11) is 0. The van der Waals surface area contributed by atoms with Crippen LogP contribution in [-0.4, -0.2) is 52.4 Å². The lowest BCUT2D eigenvalue weighted by molar-refractivity contribution is -0.131. The van der Waals surface area contributed by atoms with Gasteiger partial charge < -0.3 is 9.64 Å². The molecule has 1 saturated carbocycles. The molecule has 0 spiro atoms. The molecule has 0 radical (unpaired) electrons. The molecule has 1 saturated heterocycles. The van der Waals surface area contributed by atoms with Crippen molar-refractivity contribution in [3.05, 3.63) is 30.1 Å². The number of nitrogens with zero attached hydrogens (tertiary/aromatic N) is 5. The maximum absolute atomic E-state index is 12.7. The van der Waals surface area contributed by atoms with Crippen molar-refractivity contribution in [2.24, 2.45) is 21.6 Å². The highest BCUT2D eigenvalue weighted by molar-refractivity contribution is 5.92. The Labute approximate surface area is 151 Å². The summed E-state index contributed by atoms with van der Waals surface area (Å²) in [5, 5.41) is 7.31. The third kappa shape index (κ3) is 3.11. The van der Waals surface area contributed by atoms with E-state index in [1.165, 1.54) is 12.2 Å². The maximum atomic E-state index is 12.7. The molecule has 26 heavy (non-hydrogen) atoms. The summed E-state index contributed by atoms with van der Waals surface area (Å²) in [6.07, 6.45) is 9.55. The van der Waals surface area contributed by atoms with Gasteiger partial charge >= 0.3 is 6.01 Å². The van der Waals surface area contributed by atoms with Gasteiger partial charge in [0.25, 0.3) is 11.8 Å². The van der Waals surface area contributed by atoms with Gasteiger partial charge in [0.15, 0.2) is 6.04 Å². The number of amides is 2. The molecule has 3 unspecified atom stereocenters. The van der Waals surface area contributed by atoms with Crippen molar-refractivity contribution in [2.75, 3.05) is 19.7 Å². The zero-order chi connectivity index (χ0) is 18.1. The van der Waals surface area contributed by atoms with Gasteiger partial charge in [0.2, 0.25) is 0 Å². The molecular weight excluding hydrogens is 334 g/mol. The van der Waals surface area contributed by atoms with Crippen molar-refractivity contribution in [1.29, 1.82) is 0 Å². The summed E-state index contributed by atoms with van der Waals surface area (Å²) < 4.78 is 5.88. The van der Waals surface area contributed by atoms with E-state index in [4.69, 9.17) is 4.74 Å². The molecule has 1 aromatic rings. The number of likely N-dealkylation sites (tertiary alicyclic amines) is 1. The highest BCUT2D eigenvalue weighted by Gasteiger charge is 2.52. The quantitative estimate of drug-likeness (QED) is 0.819. The third-order valence-electron chi connectivity index (χ3n) is 5.55. The van der Waals surface area contributed by atoms with E-state index in [1.54, 1.807) is 12.4 Å². The predicted octanol–water partition coefficient (Wildman–Crippen LogP) is 1.71. The molecule has 8 heteroatoms. The SMILES string of the molecule is Cc1cnc(OCC23CCCC2CN(C(=O)C2C=CC(=O)N=N2)C3)nc1. The topological polar surface area (TPSA) is 97.1 Å². The Balaban J connectivity index is 1.43. The maximum Gasteiger partial charge on any atom is 0.316 e.